The number of likely N-dealkylation sites (tertiary alicyclic amines) is 1. The molecule has 0 spiro atoms. The zero-order valence-corrected chi connectivity index (χ0v) is 23.7. The molecular formula is C35H40N2O2. The Balaban J connectivity index is 1.46. The van der Waals surface area contributed by atoms with Crippen LogP contribution in [-0.2, 0) is 26.9 Å². The molecule has 2 fully saturated rings. The molecule has 3 aromatic rings. The van der Waals surface area contributed by atoms with Gasteiger partial charge in [0.15, 0.2) is 5.54 Å². The Morgan fingerprint density at radius 1 is 1.00 bits per heavy atom. The second-order valence-electron chi connectivity index (χ2n) is 12.5. The van der Waals surface area contributed by atoms with Crippen LogP contribution >= 0.6 is 0 Å². The molecule has 0 radical (unpaired) electrons. The van der Waals surface area contributed by atoms with Crippen molar-refractivity contribution in [3.63, 3.8) is 0 Å². The summed E-state index contributed by atoms with van der Waals surface area (Å²) in [5.41, 5.74) is 5.30. The van der Waals surface area contributed by atoms with Crippen molar-refractivity contribution in [2.45, 2.75) is 62.9 Å². The molecule has 0 N–H and O–H groups in total. The van der Waals surface area contributed by atoms with Crippen LogP contribution in [-0.4, -0.2) is 37.8 Å². The minimum atomic E-state index is -0.976. The Hall–Kier alpha value is -3.24. The average Bonchev–Trinajstić information content (AvgIpc) is 2.95. The molecule has 3 aromatic carbocycles. The molecule has 202 valence electrons. The molecule has 3 aliphatic rings. The quantitative estimate of drug-likeness (QED) is 0.263. The van der Waals surface area contributed by atoms with Crippen molar-refractivity contribution in [1.29, 1.82) is 0 Å². The summed E-state index contributed by atoms with van der Waals surface area (Å²) >= 11 is 0. The number of amides is 1. The Labute approximate surface area is 233 Å². The third-order valence-corrected chi connectivity index (χ3v) is 10.2. The number of carbonyl (C=O) groups excluding carboxylic acids is 1. The predicted octanol–water partition coefficient (Wildman–Crippen LogP) is 6.87. The molecule has 1 saturated carbocycles. The topological polar surface area (TPSA) is 41.9 Å². The molecule has 2 aliphatic carbocycles. The lowest BCUT2D eigenvalue weighted by Crippen LogP contribution is -2.63. The summed E-state index contributed by atoms with van der Waals surface area (Å²) in [7, 11) is 3.74. The summed E-state index contributed by atoms with van der Waals surface area (Å²) in [5.74, 6) is 0.643. The van der Waals surface area contributed by atoms with Gasteiger partial charge in [0, 0.05) is 20.4 Å². The number of aryl methyl sites for hydroxylation is 1. The first-order valence-corrected chi connectivity index (χ1v) is 14.4. The zero-order chi connectivity index (χ0) is 27.3. The van der Waals surface area contributed by atoms with Crippen LogP contribution < -0.4 is 0 Å². The van der Waals surface area contributed by atoms with Gasteiger partial charge in [-0.25, -0.2) is 0 Å². The zero-order valence-electron chi connectivity index (χ0n) is 23.7. The molecule has 1 saturated heterocycles. The van der Waals surface area contributed by atoms with Crippen molar-refractivity contribution in [2.75, 3.05) is 20.8 Å². The largest absolute Gasteiger partial charge is 0.384 e. The maximum absolute atomic E-state index is 13.9. The molecule has 1 heterocycles. The number of β-lactam (4-membered cyclic amide) rings is 1. The van der Waals surface area contributed by atoms with Gasteiger partial charge in [0.1, 0.15) is 0 Å². The van der Waals surface area contributed by atoms with Crippen molar-refractivity contribution in [3.8, 4) is 0 Å². The Kier molecular flexibility index (Phi) is 6.50. The number of hydrogen-bond acceptors (Lipinski definition) is 3. The fourth-order valence-corrected chi connectivity index (χ4v) is 8.38. The number of nitrogens with zero attached hydrogens (tertiary/aromatic N) is 2. The summed E-state index contributed by atoms with van der Waals surface area (Å²) in [6, 6.07) is 27.1. The standard InChI is InChI=1S/C35H40N2O2/c1-33(24-39-4)20-11-21-34(2)29-18-17-28(22-27(29)16-19-30(33)34)35(36-23-25-12-7-5-8-13-25)31(37(3)32(35)38)26-14-9-6-10-15-26/h5-10,12-15,17-18,22-23,30-31H,11,16,19-21,24H2,1-4H3/t30-,31?,33+,34+,35?/m0/s1. The summed E-state index contributed by atoms with van der Waals surface area (Å²) < 4.78 is 5.73. The lowest BCUT2D eigenvalue weighted by molar-refractivity contribution is -0.158. The van der Waals surface area contributed by atoms with Crippen molar-refractivity contribution in [3.05, 3.63) is 107 Å². The molecule has 39 heavy (non-hydrogen) atoms. The smallest absolute Gasteiger partial charge is 0.258 e. The van der Waals surface area contributed by atoms with E-state index < -0.39 is 5.54 Å². The normalized spacial score (nSPS) is 32.0. The molecular weight excluding hydrogens is 480 g/mol. The van der Waals surface area contributed by atoms with Crippen LogP contribution in [0.3, 0.4) is 0 Å². The molecule has 2 unspecified atom stereocenters. The lowest BCUT2D eigenvalue weighted by Gasteiger charge is -2.56. The van der Waals surface area contributed by atoms with Crippen LogP contribution in [0.25, 0.3) is 0 Å². The van der Waals surface area contributed by atoms with Gasteiger partial charge >= 0.3 is 0 Å². The fourth-order valence-electron chi connectivity index (χ4n) is 8.38. The van der Waals surface area contributed by atoms with E-state index in [1.807, 2.05) is 73.8 Å². The molecule has 1 amide bonds. The van der Waals surface area contributed by atoms with Crippen molar-refractivity contribution in [1.82, 2.24) is 4.90 Å². The van der Waals surface area contributed by atoms with E-state index in [1.54, 1.807) is 0 Å². The Morgan fingerprint density at radius 2 is 1.72 bits per heavy atom. The number of methoxy groups -OCH3 is 1. The first kappa shape index (κ1) is 26.0. The van der Waals surface area contributed by atoms with Crippen LogP contribution in [0.4, 0.5) is 0 Å². The number of likely N-dealkylation sites (N-methyl/N-ethyl adjacent to an activating group) is 1. The van der Waals surface area contributed by atoms with E-state index >= 15 is 0 Å². The van der Waals surface area contributed by atoms with Crippen molar-refractivity contribution in [2.24, 2.45) is 16.3 Å². The first-order chi connectivity index (χ1) is 18.8. The van der Waals surface area contributed by atoms with Crippen LogP contribution in [0.1, 0.15) is 73.4 Å². The predicted molar refractivity (Wildman–Crippen MR) is 157 cm³/mol. The highest BCUT2D eigenvalue weighted by atomic mass is 16.5. The van der Waals surface area contributed by atoms with Gasteiger partial charge in [0.25, 0.3) is 5.91 Å². The highest BCUT2D eigenvalue weighted by Crippen LogP contribution is 2.58. The minimum Gasteiger partial charge on any atom is -0.384 e. The fraction of sp³-hybridized carbons (Fsp3) is 0.429. The van der Waals surface area contributed by atoms with E-state index in [-0.39, 0.29) is 22.8 Å². The van der Waals surface area contributed by atoms with E-state index in [1.165, 1.54) is 30.4 Å². The highest BCUT2D eigenvalue weighted by Gasteiger charge is 2.61. The summed E-state index contributed by atoms with van der Waals surface area (Å²) in [4.78, 5) is 20.9. The average molecular weight is 521 g/mol. The Morgan fingerprint density at radius 3 is 2.44 bits per heavy atom. The first-order valence-electron chi connectivity index (χ1n) is 14.4. The van der Waals surface area contributed by atoms with Crippen molar-refractivity contribution >= 4 is 12.1 Å². The molecule has 5 atom stereocenters. The van der Waals surface area contributed by atoms with Crippen LogP contribution in [0.15, 0.2) is 83.9 Å². The van der Waals surface area contributed by atoms with Gasteiger partial charge in [-0.3, -0.25) is 9.79 Å². The lowest BCUT2D eigenvalue weighted by atomic mass is 9.50. The van der Waals surface area contributed by atoms with Crippen LogP contribution in [0, 0.1) is 11.3 Å². The third-order valence-electron chi connectivity index (χ3n) is 10.2. The maximum atomic E-state index is 13.9. The molecule has 6 rings (SSSR count). The van der Waals surface area contributed by atoms with Gasteiger partial charge in [-0.2, -0.15) is 0 Å². The SMILES string of the molecule is COC[C@@]1(C)CCC[C@]2(C)c3ccc(C4(N=Cc5ccccc5)C(=O)N(C)C4c4ccccc4)cc3CC[C@@H]12. The number of ether oxygens (including phenoxy) is 1. The van der Waals surface area contributed by atoms with Crippen molar-refractivity contribution < 1.29 is 9.53 Å². The second kappa shape index (κ2) is 9.75. The molecule has 4 nitrogen and oxygen atoms in total. The molecule has 0 aromatic heterocycles. The van der Waals surface area contributed by atoms with E-state index in [4.69, 9.17) is 9.73 Å². The number of rotatable bonds is 6. The summed E-state index contributed by atoms with van der Waals surface area (Å²) in [6.45, 7) is 5.72. The van der Waals surface area contributed by atoms with Gasteiger partial charge in [-0.1, -0.05) is 99.1 Å². The van der Waals surface area contributed by atoms with E-state index in [2.05, 4.69) is 44.2 Å². The number of hydrogen-bond donors (Lipinski definition) is 0. The minimum absolute atomic E-state index is 0.0497. The highest BCUT2D eigenvalue weighted by molar-refractivity contribution is 5.98. The van der Waals surface area contributed by atoms with Gasteiger partial charge < -0.3 is 9.64 Å². The van der Waals surface area contributed by atoms with E-state index in [9.17, 15) is 4.79 Å². The second-order valence-corrected chi connectivity index (χ2v) is 12.5. The van der Waals surface area contributed by atoms with Gasteiger partial charge in [-0.15, -0.1) is 0 Å². The third kappa shape index (κ3) is 3.98. The van der Waals surface area contributed by atoms with Gasteiger partial charge in [0.05, 0.1) is 12.6 Å². The molecule has 4 heteroatoms. The molecule has 1 aliphatic heterocycles. The van der Waals surface area contributed by atoms with E-state index in [0.29, 0.717) is 5.92 Å². The summed E-state index contributed by atoms with van der Waals surface area (Å²) in [5, 5.41) is 0. The van der Waals surface area contributed by atoms with Gasteiger partial charge in [-0.05, 0) is 70.2 Å². The number of fused-ring (bicyclic) bond motifs is 3. The Bertz CT molecular complexity index is 1380. The van der Waals surface area contributed by atoms with Gasteiger partial charge in [0.2, 0.25) is 0 Å². The van der Waals surface area contributed by atoms with Crippen LogP contribution in [0.2, 0.25) is 0 Å². The number of carbonyl (C=O) groups is 1. The summed E-state index contributed by atoms with van der Waals surface area (Å²) in [6.07, 6.45) is 7.72. The van der Waals surface area contributed by atoms with Crippen LogP contribution in [0.5, 0.6) is 0 Å². The number of benzene rings is 3. The monoisotopic (exact) mass is 520 g/mol. The number of aliphatic imine (C=N–C) groups is 1. The molecule has 0 bridgehead atoms. The maximum Gasteiger partial charge on any atom is 0.258 e. The van der Waals surface area contributed by atoms with E-state index in [0.717, 1.165) is 36.1 Å².